The SMILES string of the molecule is CCSC1CCCC1NC(=O)C1CCCCC1(C)N. The number of carbonyl (C=O) groups is 1. The predicted octanol–water partition coefficient (Wildman–Crippen LogP) is 2.68. The highest BCUT2D eigenvalue weighted by atomic mass is 32.2. The summed E-state index contributed by atoms with van der Waals surface area (Å²) in [7, 11) is 0. The van der Waals surface area contributed by atoms with Crippen molar-refractivity contribution in [3.8, 4) is 0 Å². The molecule has 3 N–H and O–H groups in total. The molecule has 0 radical (unpaired) electrons. The second-order valence-electron chi connectivity index (χ2n) is 6.34. The fraction of sp³-hybridized carbons (Fsp3) is 0.933. The van der Waals surface area contributed by atoms with E-state index in [2.05, 4.69) is 12.2 Å². The molecule has 0 saturated heterocycles. The van der Waals surface area contributed by atoms with Crippen LogP contribution in [0.15, 0.2) is 0 Å². The van der Waals surface area contributed by atoms with Gasteiger partial charge < -0.3 is 11.1 Å². The summed E-state index contributed by atoms with van der Waals surface area (Å²) in [6.45, 7) is 4.24. The maximum atomic E-state index is 12.5. The Labute approximate surface area is 121 Å². The first kappa shape index (κ1) is 15.2. The molecule has 0 aromatic rings. The van der Waals surface area contributed by atoms with E-state index in [1.807, 2.05) is 18.7 Å². The minimum atomic E-state index is -0.311. The van der Waals surface area contributed by atoms with Crippen molar-refractivity contribution in [2.75, 3.05) is 5.75 Å². The van der Waals surface area contributed by atoms with Crippen LogP contribution in [-0.4, -0.2) is 28.5 Å². The molecule has 0 aromatic carbocycles. The summed E-state index contributed by atoms with van der Waals surface area (Å²) >= 11 is 1.99. The molecule has 1 amide bonds. The zero-order valence-corrected chi connectivity index (χ0v) is 13.1. The minimum absolute atomic E-state index is 0.00845. The summed E-state index contributed by atoms with van der Waals surface area (Å²) < 4.78 is 0. The molecule has 2 aliphatic rings. The lowest BCUT2D eigenvalue weighted by atomic mass is 9.74. The van der Waals surface area contributed by atoms with Crippen LogP contribution in [-0.2, 0) is 4.79 Å². The predicted molar refractivity (Wildman–Crippen MR) is 82.3 cm³/mol. The van der Waals surface area contributed by atoms with Crippen molar-refractivity contribution in [1.29, 1.82) is 0 Å². The molecule has 2 saturated carbocycles. The largest absolute Gasteiger partial charge is 0.352 e. The first-order chi connectivity index (χ1) is 9.04. The highest BCUT2D eigenvalue weighted by Gasteiger charge is 2.39. The first-order valence-electron chi connectivity index (χ1n) is 7.75. The van der Waals surface area contributed by atoms with Crippen molar-refractivity contribution in [3.05, 3.63) is 0 Å². The van der Waals surface area contributed by atoms with E-state index >= 15 is 0 Å². The van der Waals surface area contributed by atoms with E-state index in [1.165, 1.54) is 12.8 Å². The van der Waals surface area contributed by atoms with Gasteiger partial charge >= 0.3 is 0 Å². The van der Waals surface area contributed by atoms with Crippen LogP contribution in [0.5, 0.6) is 0 Å². The first-order valence-corrected chi connectivity index (χ1v) is 8.80. The van der Waals surface area contributed by atoms with E-state index < -0.39 is 0 Å². The highest BCUT2D eigenvalue weighted by molar-refractivity contribution is 7.99. The molecule has 2 aliphatic carbocycles. The summed E-state index contributed by atoms with van der Waals surface area (Å²) in [5.41, 5.74) is 6.01. The van der Waals surface area contributed by atoms with Crippen LogP contribution in [0.2, 0.25) is 0 Å². The smallest absolute Gasteiger partial charge is 0.225 e. The maximum absolute atomic E-state index is 12.5. The third-order valence-corrected chi connectivity index (χ3v) is 6.06. The number of nitrogens with one attached hydrogen (secondary N) is 1. The third-order valence-electron chi connectivity index (χ3n) is 4.73. The number of thioether (sulfide) groups is 1. The topological polar surface area (TPSA) is 55.1 Å². The van der Waals surface area contributed by atoms with Gasteiger partial charge in [0.1, 0.15) is 0 Å². The monoisotopic (exact) mass is 284 g/mol. The van der Waals surface area contributed by atoms with Gasteiger partial charge in [-0.1, -0.05) is 26.2 Å². The van der Waals surface area contributed by atoms with Crippen LogP contribution in [0.3, 0.4) is 0 Å². The van der Waals surface area contributed by atoms with Crippen LogP contribution in [0, 0.1) is 5.92 Å². The Morgan fingerprint density at radius 3 is 2.79 bits per heavy atom. The zero-order valence-electron chi connectivity index (χ0n) is 12.3. The van der Waals surface area contributed by atoms with Gasteiger partial charge in [-0.05, 0) is 38.4 Å². The lowest BCUT2D eigenvalue weighted by Crippen LogP contribution is -2.54. The molecule has 2 rings (SSSR count). The molecular weight excluding hydrogens is 256 g/mol. The van der Waals surface area contributed by atoms with Gasteiger partial charge in [0.05, 0.1) is 5.92 Å². The van der Waals surface area contributed by atoms with Gasteiger partial charge in [-0.2, -0.15) is 11.8 Å². The fourth-order valence-electron chi connectivity index (χ4n) is 3.58. The third kappa shape index (κ3) is 3.66. The van der Waals surface area contributed by atoms with Gasteiger partial charge in [-0.3, -0.25) is 4.79 Å². The van der Waals surface area contributed by atoms with Crippen molar-refractivity contribution in [2.24, 2.45) is 11.7 Å². The molecule has 0 aliphatic heterocycles. The molecule has 0 heterocycles. The van der Waals surface area contributed by atoms with Gasteiger partial charge in [0, 0.05) is 16.8 Å². The molecule has 19 heavy (non-hydrogen) atoms. The van der Waals surface area contributed by atoms with E-state index in [0.29, 0.717) is 11.3 Å². The summed E-state index contributed by atoms with van der Waals surface area (Å²) in [6.07, 6.45) is 7.86. The summed E-state index contributed by atoms with van der Waals surface area (Å²) in [4.78, 5) is 12.5. The van der Waals surface area contributed by atoms with Crippen LogP contribution in [0.25, 0.3) is 0 Å². The zero-order chi connectivity index (χ0) is 13.9. The van der Waals surface area contributed by atoms with E-state index in [9.17, 15) is 4.79 Å². The standard InChI is InChI=1S/C15H28N2OS/c1-3-19-13-9-6-8-12(13)17-14(18)11-7-4-5-10-15(11,2)16/h11-13H,3-10,16H2,1-2H3,(H,17,18). The Morgan fingerprint density at radius 1 is 1.32 bits per heavy atom. The van der Waals surface area contributed by atoms with Crippen LogP contribution in [0.4, 0.5) is 0 Å². The summed E-state index contributed by atoms with van der Waals surface area (Å²) in [5, 5.41) is 3.91. The Morgan fingerprint density at radius 2 is 2.11 bits per heavy atom. The van der Waals surface area contributed by atoms with E-state index in [4.69, 9.17) is 5.73 Å². The van der Waals surface area contributed by atoms with Crippen LogP contribution < -0.4 is 11.1 Å². The van der Waals surface area contributed by atoms with Crippen molar-refractivity contribution < 1.29 is 4.79 Å². The highest BCUT2D eigenvalue weighted by Crippen LogP contribution is 2.34. The Kier molecular flexibility index (Phi) is 5.18. The normalized spacial score (nSPS) is 39.2. The van der Waals surface area contributed by atoms with E-state index in [1.54, 1.807) is 0 Å². The van der Waals surface area contributed by atoms with Crippen molar-refractivity contribution in [1.82, 2.24) is 5.32 Å². The molecule has 2 fully saturated rings. The van der Waals surface area contributed by atoms with Gasteiger partial charge in [0.2, 0.25) is 5.91 Å². The Balaban J connectivity index is 1.92. The molecule has 0 aromatic heterocycles. The number of rotatable bonds is 4. The van der Waals surface area contributed by atoms with Gasteiger partial charge in [-0.15, -0.1) is 0 Å². The number of nitrogens with two attached hydrogens (primary N) is 1. The van der Waals surface area contributed by atoms with Gasteiger partial charge in [0.15, 0.2) is 0 Å². The van der Waals surface area contributed by atoms with Crippen molar-refractivity contribution in [2.45, 2.75) is 75.6 Å². The van der Waals surface area contributed by atoms with E-state index in [-0.39, 0.29) is 17.4 Å². The molecule has 0 spiro atoms. The molecule has 110 valence electrons. The minimum Gasteiger partial charge on any atom is -0.352 e. The molecule has 3 nitrogen and oxygen atoms in total. The molecule has 0 bridgehead atoms. The van der Waals surface area contributed by atoms with Gasteiger partial charge in [-0.25, -0.2) is 0 Å². The molecule has 4 unspecified atom stereocenters. The molecule has 4 heteroatoms. The lowest BCUT2D eigenvalue weighted by molar-refractivity contribution is -0.128. The van der Waals surface area contributed by atoms with Crippen molar-refractivity contribution >= 4 is 17.7 Å². The van der Waals surface area contributed by atoms with Crippen LogP contribution >= 0.6 is 11.8 Å². The van der Waals surface area contributed by atoms with E-state index in [0.717, 1.165) is 37.9 Å². The number of amides is 1. The van der Waals surface area contributed by atoms with Crippen LogP contribution in [0.1, 0.15) is 58.8 Å². The van der Waals surface area contributed by atoms with Gasteiger partial charge in [0.25, 0.3) is 0 Å². The average molecular weight is 284 g/mol. The molecule has 4 atom stereocenters. The number of carbonyl (C=O) groups excluding carboxylic acids is 1. The molecular formula is C15H28N2OS. The van der Waals surface area contributed by atoms with Crippen molar-refractivity contribution in [3.63, 3.8) is 0 Å². The second kappa shape index (κ2) is 6.49. The Bertz CT molecular complexity index is 319. The Hall–Kier alpha value is -0.220. The maximum Gasteiger partial charge on any atom is 0.225 e. The average Bonchev–Trinajstić information content (AvgIpc) is 2.76. The second-order valence-corrected chi connectivity index (χ2v) is 7.86. The fourth-order valence-corrected chi connectivity index (χ4v) is 4.77. The lowest BCUT2D eigenvalue weighted by Gasteiger charge is -2.38. The quantitative estimate of drug-likeness (QED) is 0.834. The number of hydrogen-bond acceptors (Lipinski definition) is 3. The number of hydrogen-bond donors (Lipinski definition) is 2. The summed E-state index contributed by atoms with van der Waals surface area (Å²) in [6, 6.07) is 0.371. The summed E-state index contributed by atoms with van der Waals surface area (Å²) in [5.74, 6) is 1.35.